The molecule has 2 N–H and O–H groups in total. The van der Waals surface area contributed by atoms with Crippen LogP contribution in [0.5, 0.6) is 5.75 Å². The molecular weight excluding hydrogens is 463 g/mol. The van der Waals surface area contributed by atoms with E-state index in [1.165, 1.54) is 31.2 Å². The van der Waals surface area contributed by atoms with Gasteiger partial charge >= 0.3 is 0 Å². The zero-order chi connectivity index (χ0) is 19.1. The number of ether oxygens (including phenoxy) is 1. The molecule has 0 saturated carbocycles. The largest absolute Gasteiger partial charge is 0.497 e. The van der Waals surface area contributed by atoms with Crippen molar-refractivity contribution in [3.63, 3.8) is 0 Å². The Morgan fingerprint density at radius 3 is 2.68 bits per heavy atom. The summed E-state index contributed by atoms with van der Waals surface area (Å²) < 4.78 is 6.67. The van der Waals surface area contributed by atoms with Crippen LogP contribution in [0.25, 0.3) is 21.8 Å². The highest BCUT2D eigenvalue weighted by atomic mass is 127. The number of hydrogen-bond donors (Lipinski definition) is 2. The Morgan fingerprint density at radius 1 is 1.00 bits per heavy atom. The molecular formula is C22H23IN4O. The molecule has 5 rings (SSSR count). The van der Waals surface area contributed by atoms with Crippen LogP contribution in [0.1, 0.15) is 5.69 Å². The van der Waals surface area contributed by atoms with Crippen LogP contribution in [0.4, 0.5) is 5.69 Å². The SMILES string of the molecule is COc1ccc2c(I)c(CN3CCN(c4cccc5[nH]ccc45)CC3)[nH]c2c1. The minimum atomic E-state index is 0.893. The van der Waals surface area contributed by atoms with Gasteiger partial charge in [0.2, 0.25) is 0 Å². The van der Waals surface area contributed by atoms with Gasteiger partial charge in [-0.05, 0) is 52.9 Å². The molecule has 0 atom stereocenters. The van der Waals surface area contributed by atoms with Crippen LogP contribution < -0.4 is 9.64 Å². The van der Waals surface area contributed by atoms with Crippen LogP contribution >= 0.6 is 22.6 Å². The standard InChI is InChI=1S/C22H23IN4O/c1-28-15-5-6-17-19(13-15)25-20(22(17)23)14-26-9-11-27(12-10-26)21-4-2-3-18-16(21)7-8-24-18/h2-8,13,24-25H,9-12,14H2,1H3. The average molecular weight is 486 g/mol. The third-order valence-corrected chi connectivity index (χ3v) is 6.91. The molecule has 2 aromatic carbocycles. The summed E-state index contributed by atoms with van der Waals surface area (Å²) in [7, 11) is 1.71. The van der Waals surface area contributed by atoms with E-state index in [9.17, 15) is 0 Å². The number of fused-ring (bicyclic) bond motifs is 2. The second-order valence-electron chi connectivity index (χ2n) is 7.31. The number of methoxy groups -OCH3 is 1. The molecule has 3 heterocycles. The Kier molecular flexibility index (Phi) is 4.68. The van der Waals surface area contributed by atoms with Gasteiger partial charge in [0.05, 0.1) is 12.6 Å². The molecule has 1 aliphatic heterocycles. The van der Waals surface area contributed by atoms with E-state index >= 15 is 0 Å². The first kappa shape index (κ1) is 17.9. The van der Waals surface area contributed by atoms with Crippen LogP contribution in [-0.4, -0.2) is 48.2 Å². The summed E-state index contributed by atoms with van der Waals surface area (Å²) in [5, 5.41) is 2.59. The van der Waals surface area contributed by atoms with Gasteiger partial charge in [0.15, 0.2) is 0 Å². The molecule has 0 spiro atoms. The molecule has 2 aromatic heterocycles. The molecule has 0 bridgehead atoms. The predicted molar refractivity (Wildman–Crippen MR) is 123 cm³/mol. The summed E-state index contributed by atoms with van der Waals surface area (Å²) in [6.45, 7) is 5.19. The molecule has 4 aromatic rings. The molecule has 1 aliphatic rings. The van der Waals surface area contributed by atoms with Gasteiger partial charge in [-0.2, -0.15) is 0 Å². The van der Waals surface area contributed by atoms with Gasteiger partial charge in [0.25, 0.3) is 0 Å². The van der Waals surface area contributed by atoms with Crippen LogP contribution in [0.3, 0.4) is 0 Å². The summed E-state index contributed by atoms with van der Waals surface area (Å²) in [6.07, 6.45) is 2.03. The molecule has 144 valence electrons. The number of hydrogen-bond acceptors (Lipinski definition) is 3. The van der Waals surface area contributed by atoms with E-state index in [0.717, 1.165) is 44.0 Å². The highest BCUT2D eigenvalue weighted by Crippen LogP contribution is 2.30. The van der Waals surface area contributed by atoms with E-state index in [-0.39, 0.29) is 0 Å². The van der Waals surface area contributed by atoms with Crippen LogP contribution in [-0.2, 0) is 6.54 Å². The van der Waals surface area contributed by atoms with Crippen molar-refractivity contribution < 1.29 is 4.74 Å². The van der Waals surface area contributed by atoms with Crippen molar-refractivity contribution in [2.45, 2.75) is 6.54 Å². The lowest BCUT2D eigenvalue weighted by Crippen LogP contribution is -2.46. The highest BCUT2D eigenvalue weighted by Gasteiger charge is 2.20. The Bertz CT molecular complexity index is 1120. The number of nitrogens with one attached hydrogen (secondary N) is 2. The maximum atomic E-state index is 5.36. The summed E-state index contributed by atoms with van der Waals surface area (Å²) >= 11 is 2.46. The molecule has 5 nitrogen and oxygen atoms in total. The number of benzene rings is 2. The lowest BCUT2D eigenvalue weighted by molar-refractivity contribution is 0.247. The summed E-state index contributed by atoms with van der Waals surface area (Å²) in [5.74, 6) is 0.893. The van der Waals surface area contributed by atoms with Gasteiger partial charge in [-0.3, -0.25) is 4.90 Å². The Balaban J connectivity index is 1.30. The van der Waals surface area contributed by atoms with Crippen LogP contribution in [0.15, 0.2) is 48.7 Å². The Labute approximate surface area is 177 Å². The van der Waals surface area contributed by atoms with Crippen molar-refractivity contribution in [2.24, 2.45) is 0 Å². The Hall–Kier alpha value is -2.19. The van der Waals surface area contributed by atoms with Crippen LogP contribution in [0.2, 0.25) is 0 Å². The first-order valence-electron chi connectivity index (χ1n) is 9.60. The number of H-pyrrole nitrogens is 2. The van der Waals surface area contributed by atoms with Crippen LogP contribution in [0, 0.1) is 3.57 Å². The van der Waals surface area contributed by atoms with Crippen molar-refractivity contribution in [3.05, 3.63) is 57.9 Å². The third kappa shape index (κ3) is 3.14. The number of aromatic nitrogens is 2. The number of anilines is 1. The fourth-order valence-corrected chi connectivity index (χ4v) is 4.92. The molecule has 1 fully saturated rings. The number of piperazine rings is 1. The quantitative estimate of drug-likeness (QED) is 0.415. The van der Waals surface area contributed by atoms with Gasteiger partial charge in [-0.1, -0.05) is 6.07 Å². The number of aromatic amines is 2. The minimum absolute atomic E-state index is 0.893. The number of halogens is 1. The fraction of sp³-hybridized carbons (Fsp3) is 0.273. The minimum Gasteiger partial charge on any atom is -0.497 e. The van der Waals surface area contributed by atoms with Crippen molar-refractivity contribution in [3.8, 4) is 5.75 Å². The third-order valence-electron chi connectivity index (χ3n) is 5.68. The van der Waals surface area contributed by atoms with Gasteiger partial charge in [-0.15, -0.1) is 0 Å². The molecule has 0 radical (unpaired) electrons. The van der Waals surface area contributed by atoms with E-state index in [1.54, 1.807) is 7.11 Å². The van der Waals surface area contributed by atoms with Crippen molar-refractivity contribution in [2.75, 3.05) is 38.2 Å². The van der Waals surface area contributed by atoms with Crippen molar-refractivity contribution in [1.29, 1.82) is 0 Å². The van der Waals surface area contributed by atoms with Gasteiger partial charge in [0.1, 0.15) is 5.75 Å². The fourth-order valence-electron chi connectivity index (χ4n) is 4.15. The normalized spacial score (nSPS) is 15.6. The molecule has 0 amide bonds. The van der Waals surface area contributed by atoms with E-state index < -0.39 is 0 Å². The zero-order valence-corrected chi connectivity index (χ0v) is 18.0. The molecule has 1 saturated heterocycles. The topological polar surface area (TPSA) is 47.3 Å². The van der Waals surface area contributed by atoms with Gasteiger partial charge in [-0.25, -0.2) is 0 Å². The second-order valence-corrected chi connectivity index (χ2v) is 8.39. The zero-order valence-electron chi connectivity index (χ0n) is 15.8. The van der Waals surface area contributed by atoms with E-state index in [2.05, 4.69) is 78.8 Å². The highest BCUT2D eigenvalue weighted by molar-refractivity contribution is 14.1. The number of rotatable bonds is 4. The van der Waals surface area contributed by atoms with Crippen molar-refractivity contribution >= 4 is 50.1 Å². The van der Waals surface area contributed by atoms with E-state index in [4.69, 9.17) is 4.74 Å². The molecule has 28 heavy (non-hydrogen) atoms. The van der Waals surface area contributed by atoms with E-state index in [1.807, 2.05) is 12.3 Å². The lowest BCUT2D eigenvalue weighted by Gasteiger charge is -2.36. The average Bonchev–Trinajstić information content (AvgIpc) is 3.33. The first-order valence-corrected chi connectivity index (χ1v) is 10.7. The second kappa shape index (κ2) is 7.33. The molecule has 6 heteroatoms. The smallest absolute Gasteiger partial charge is 0.120 e. The van der Waals surface area contributed by atoms with E-state index in [0.29, 0.717) is 0 Å². The maximum absolute atomic E-state index is 5.36. The maximum Gasteiger partial charge on any atom is 0.120 e. The van der Waals surface area contributed by atoms with Crippen molar-refractivity contribution in [1.82, 2.24) is 14.9 Å². The molecule has 0 aliphatic carbocycles. The first-order chi connectivity index (χ1) is 13.7. The molecule has 0 unspecified atom stereocenters. The summed E-state index contributed by atoms with van der Waals surface area (Å²) in [5.41, 5.74) is 5.00. The summed E-state index contributed by atoms with van der Waals surface area (Å²) in [6, 6.07) is 15.0. The Morgan fingerprint density at radius 2 is 1.86 bits per heavy atom. The van der Waals surface area contributed by atoms with Gasteiger partial charge in [0, 0.05) is 76.2 Å². The predicted octanol–water partition coefficient (Wildman–Crippen LogP) is 4.58. The lowest BCUT2D eigenvalue weighted by atomic mass is 10.1. The summed E-state index contributed by atoms with van der Waals surface area (Å²) in [4.78, 5) is 12.0. The van der Waals surface area contributed by atoms with Gasteiger partial charge < -0.3 is 19.6 Å². The number of nitrogens with zero attached hydrogens (tertiary/aromatic N) is 2. The monoisotopic (exact) mass is 486 g/mol.